The van der Waals surface area contributed by atoms with E-state index < -0.39 is 0 Å². The van der Waals surface area contributed by atoms with E-state index in [9.17, 15) is 0 Å². The Morgan fingerprint density at radius 1 is 1.19 bits per heavy atom. The zero-order chi connectivity index (χ0) is 11.4. The summed E-state index contributed by atoms with van der Waals surface area (Å²) in [5.41, 5.74) is 3.01. The second kappa shape index (κ2) is 5.01. The maximum absolute atomic E-state index is 8.82. The van der Waals surface area contributed by atoms with E-state index in [1.165, 1.54) is 5.56 Å². The van der Waals surface area contributed by atoms with Crippen molar-refractivity contribution in [2.45, 2.75) is 6.54 Å². The lowest BCUT2D eigenvalue weighted by Gasteiger charge is -2.14. The third-order valence-corrected chi connectivity index (χ3v) is 2.47. The number of aliphatic hydroxyl groups is 1. The molecule has 2 rings (SSSR count). The van der Waals surface area contributed by atoms with Crippen LogP contribution in [0.15, 0.2) is 30.6 Å². The Bertz CT molecular complexity index is 473. The van der Waals surface area contributed by atoms with Crippen LogP contribution in [0.1, 0.15) is 5.56 Å². The molecule has 0 aliphatic carbocycles. The number of hydrogen-bond donors (Lipinski definition) is 1. The van der Waals surface area contributed by atoms with Crippen molar-refractivity contribution >= 4 is 11.0 Å². The van der Waals surface area contributed by atoms with Crippen LogP contribution in [0, 0.1) is 0 Å². The molecule has 84 valence electrons. The zero-order valence-corrected chi connectivity index (χ0v) is 9.30. The molecule has 2 aromatic rings. The van der Waals surface area contributed by atoms with Gasteiger partial charge in [-0.15, -0.1) is 0 Å². The molecule has 0 bridgehead atoms. The highest BCUT2D eigenvalue weighted by molar-refractivity contribution is 5.74. The molecule has 0 atom stereocenters. The fourth-order valence-electron chi connectivity index (χ4n) is 1.67. The van der Waals surface area contributed by atoms with Gasteiger partial charge < -0.3 is 5.11 Å². The van der Waals surface area contributed by atoms with Gasteiger partial charge in [0.25, 0.3) is 0 Å². The van der Waals surface area contributed by atoms with Crippen molar-refractivity contribution in [3.05, 3.63) is 36.2 Å². The molecule has 1 aromatic carbocycles. The number of rotatable bonds is 4. The highest BCUT2D eigenvalue weighted by Crippen LogP contribution is 2.12. The Morgan fingerprint density at radius 2 is 1.94 bits per heavy atom. The molecule has 0 fully saturated rings. The Morgan fingerprint density at radius 3 is 2.69 bits per heavy atom. The Hall–Kier alpha value is -1.52. The quantitative estimate of drug-likeness (QED) is 0.831. The van der Waals surface area contributed by atoms with Crippen LogP contribution < -0.4 is 0 Å². The molecule has 4 nitrogen and oxygen atoms in total. The lowest BCUT2D eigenvalue weighted by atomic mass is 10.2. The number of fused-ring (bicyclic) bond motifs is 1. The van der Waals surface area contributed by atoms with Crippen molar-refractivity contribution in [3.63, 3.8) is 0 Å². The van der Waals surface area contributed by atoms with Gasteiger partial charge in [-0.3, -0.25) is 14.9 Å². The molecule has 1 aromatic heterocycles. The fourth-order valence-corrected chi connectivity index (χ4v) is 1.67. The summed E-state index contributed by atoms with van der Waals surface area (Å²) < 4.78 is 0. The van der Waals surface area contributed by atoms with Gasteiger partial charge >= 0.3 is 0 Å². The average molecular weight is 217 g/mol. The van der Waals surface area contributed by atoms with Crippen LogP contribution in [0.25, 0.3) is 11.0 Å². The highest BCUT2D eigenvalue weighted by atomic mass is 16.3. The molecule has 0 unspecified atom stereocenters. The molecule has 1 N–H and O–H groups in total. The van der Waals surface area contributed by atoms with E-state index in [1.54, 1.807) is 12.4 Å². The smallest absolute Gasteiger partial charge is 0.0890 e. The van der Waals surface area contributed by atoms with Crippen molar-refractivity contribution in [3.8, 4) is 0 Å². The van der Waals surface area contributed by atoms with Gasteiger partial charge in [0, 0.05) is 25.5 Å². The van der Waals surface area contributed by atoms with Crippen LogP contribution >= 0.6 is 0 Å². The van der Waals surface area contributed by atoms with Crippen molar-refractivity contribution in [2.24, 2.45) is 0 Å². The molecule has 4 heteroatoms. The molecule has 16 heavy (non-hydrogen) atoms. The summed E-state index contributed by atoms with van der Waals surface area (Å²) in [6.07, 6.45) is 3.39. The van der Waals surface area contributed by atoms with E-state index in [-0.39, 0.29) is 6.61 Å². The number of nitrogens with zero attached hydrogens (tertiary/aromatic N) is 3. The van der Waals surface area contributed by atoms with Crippen LogP contribution in [0.2, 0.25) is 0 Å². The molecule has 0 aliphatic rings. The lowest BCUT2D eigenvalue weighted by Crippen LogP contribution is -2.21. The van der Waals surface area contributed by atoms with Crippen LogP contribution in [0.3, 0.4) is 0 Å². The molecule has 0 amide bonds. The normalized spacial score (nSPS) is 11.2. The number of benzene rings is 1. The Kier molecular flexibility index (Phi) is 3.44. The maximum Gasteiger partial charge on any atom is 0.0890 e. The largest absolute Gasteiger partial charge is 0.395 e. The van der Waals surface area contributed by atoms with E-state index in [0.29, 0.717) is 6.54 Å². The van der Waals surface area contributed by atoms with E-state index >= 15 is 0 Å². The fraction of sp³-hybridized carbons (Fsp3) is 0.333. The van der Waals surface area contributed by atoms with Crippen molar-refractivity contribution in [1.29, 1.82) is 0 Å². The zero-order valence-electron chi connectivity index (χ0n) is 9.30. The summed E-state index contributed by atoms with van der Waals surface area (Å²) in [5, 5.41) is 8.82. The summed E-state index contributed by atoms with van der Waals surface area (Å²) in [7, 11) is 1.98. The second-order valence-electron chi connectivity index (χ2n) is 3.84. The maximum atomic E-state index is 8.82. The van der Waals surface area contributed by atoms with Gasteiger partial charge in [-0.05, 0) is 24.7 Å². The minimum Gasteiger partial charge on any atom is -0.395 e. The van der Waals surface area contributed by atoms with Gasteiger partial charge in [0.15, 0.2) is 0 Å². The van der Waals surface area contributed by atoms with E-state index in [4.69, 9.17) is 5.11 Å². The molecule has 1 heterocycles. The summed E-state index contributed by atoms with van der Waals surface area (Å²) in [6, 6.07) is 6.06. The average Bonchev–Trinajstić information content (AvgIpc) is 2.29. The van der Waals surface area contributed by atoms with Crippen LogP contribution in [-0.2, 0) is 6.54 Å². The van der Waals surface area contributed by atoms with Gasteiger partial charge in [0.05, 0.1) is 17.6 Å². The lowest BCUT2D eigenvalue weighted by molar-refractivity contribution is 0.217. The highest BCUT2D eigenvalue weighted by Gasteiger charge is 2.01. The summed E-state index contributed by atoms with van der Waals surface area (Å²) >= 11 is 0. The molecule has 0 spiro atoms. The first-order valence-electron chi connectivity index (χ1n) is 5.28. The predicted octanol–water partition coefficient (Wildman–Crippen LogP) is 1.05. The van der Waals surface area contributed by atoms with Crippen molar-refractivity contribution in [2.75, 3.05) is 20.2 Å². The number of aliphatic hydroxyl groups excluding tert-OH is 1. The molecule has 0 saturated heterocycles. The monoisotopic (exact) mass is 217 g/mol. The first kappa shape index (κ1) is 11.0. The van der Waals surface area contributed by atoms with Crippen LogP contribution in [0.4, 0.5) is 0 Å². The molecular weight excluding hydrogens is 202 g/mol. The molecular formula is C12H15N3O. The first-order valence-corrected chi connectivity index (χ1v) is 5.28. The first-order chi connectivity index (χ1) is 7.79. The van der Waals surface area contributed by atoms with Crippen LogP contribution in [-0.4, -0.2) is 40.2 Å². The number of aromatic nitrogens is 2. The summed E-state index contributed by atoms with van der Waals surface area (Å²) in [5.74, 6) is 0. The minimum atomic E-state index is 0.184. The minimum absolute atomic E-state index is 0.184. The number of hydrogen-bond acceptors (Lipinski definition) is 4. The topological polar surface area (TPSA) is 49.2 Å². The molecule has 0 saturated carbocycles. The summed E-state index contributed by atoms with van der Waals surface area (Å²) in [6.45, 7) is 1.68. The SMILES string of the molecule is CN(CCO)Cc1ccc2nccnc2c1. The summed E-state index contributed by atoms with van der Waals surface area (Å²) in [4.78, 5) is 10.6. The molecule has 0 aliphatic heterocycles. The van der Waals surface area contributed by atoms with E-state index in [0.717, 1.165) is 17.6 Å². The Balaban J connectivity index is 2.19. The number of likely N-dealkylation sites (N-methyl/N-ethyl adjacent to an activating group) is 1. The third kappa shape index (κ3) is 2.53. The molecule has 0 radical (unpaired) electrons. The van der Waals surface area contributed by atoms with Crippen molar-refractivity contribution < 1.29 is 5.11 Å². The standard InChI is InChI=1S/C12H15N3O/c1-15(6-7-16)9-10-2-3-11-12(8-10)14-5-4-13-11/h2-5,8,16H,6-7,9H2,1H3. The van der Waals surface area contributed by atoms with E-state index in [2.05, 4.69) is 14.9 Å². The van der Waals surface area contributed by atoms with Gasteiger partial charge in [0.1, 0.15) is 0 Å². The van der Waals surface area contributed by atoms with Crippen LogP contribution in [0.5, 0.6) is 0 Å². The second-order valence-corrected chi connectivity index (χ2v) is 3.84. The Labute approximate surface area is 94.6 Å². The van der Waals surface area contributed by atoms with Crippen molar-refractivity contribution in [1.82, 2.24) is 14.9 Å². The third-order valence-electron chi connectivity index (χ3n) is 2.47. The van der Waals surface area contributed by atoms with Gasteiger partial charge in [0.2, 0.25) is 0 Å². The van der Waals surface area contributed by atoms with E-state index in [1.807, 2.05) is 25.2 Å². The van der Waals surface area contributed by atoms with Gasteiger partial charge in [-0.1, -0.05) is 6.07 Å². The predicted molar refractivity (Wildman–Crippen MR) is 63.0 cm³/mol. The van der Waals surface area contributed by atoms with Gasteiger partial charge in [-0.25, -0.2) is 0 Å². The van der Waals surface area contributed by atoms with Gasteiger partial charge in [-0.2, -0.15) is 0 Å².